The summed E-state index contributed by atoms with van der Waals surface area (Å²) in [6.07, 6.45) is 3.51. The highest BCUT2D eigenvalue weighted by molar-refractivity contribution is 9.10. The first-order chi connectivity index (χ1) is 12.6. The van der Waals surface area contributed by atoms with Gasteiger partial charge in [0.1, 0.15) is 18.1 Å². The standard InChI is InChI=1S/C18H13BrF2N4O/c19-13-3-1-2-12(8-13)16-9-15(24-18-22-10-23-25(16)18)11-4-6-14(7-5-11)26-17(20)21/h1-10,16-17H,(H,22,23,24)/t16-/m1/s1. The van der Waals surface area contributed by atoms with Gasteiger partial charge in [-0.1, -0.05) is 28.1 Å². The molecular formula is C18H13BrF2N4O. The second kappa shape index (κ2) is 6.87. The number of ether oxygens (including phenoxy) is 1. The average Bonchev–Trinajstić information content (AvgIpc) is 3.09. The average molecular weight is 419 g/mol. The molecule has 0 saturated heterocycles. The van der Waals surface area contributed by atoms with E-state index in [0.29, 0.717) is 5.95 Å². The number of hydrogen-bond donors (Lipinski definition) is 1. The third-order valence-corrected chi connectivity index (χ3v) is 4.48. The van der Waals surface area contributed by atoms with E-state index in [1.807, 2.05) is 30.3 Å². The molecule has 1 atom stereocenters. The third-order valence-electron chi connectivity index (χ3n) is 3.99. The summed E-state index contributed by atoms with van der Waals surface area (Å²) in [6.45, 7) is -2.84. The Morgan fingerprint density at radius 1 is 1.15 bits per heavy atom. The van der Waals surface area contributed by atoms with Crippen molar-refractivity contribution in [1.29, 1.82) is 0 Å². The Morgan fingerprint density at radius 2 is 1.96 bits per heavy atom. The van der Waals surface area contributed by atoms with E-state index >= 15 is 0 Å². The van der Waals surface area contributed by atoms with E-state index in [0.717, 1.165) is 21.3 Å². The molecule has 1 aliphatic rings. The molecule has 8 heteroatoms. The van der Waals surface area contributed by atoms with Crippen molar-refractivity contribution in [1.82, 2.24) is 14.8 Å². The van der Waals surface area contributed by atoms with Crippen LogP contribution in [0.4, 0.5) is 14.7 Å². The Balaban J connectivity index is 1.70. The topological polar surface area (TPSA) is 52.0 Å². The molecule has 0 bridgehead atoms. The van der Waals surface area contributed by atoms with Crippen LogP contribution in [0.15, 0.2) is 65.4 Å². The van der Waals surface area contributed by atoms with Gasteiger partial charge in [0.2, 0.25) is 5.95 Å². The van der Waals surface area contributed by atoms with Crippen molar-refractivity contribution in [2.45, 2.75) is 12.7 Å². The lowest BCUT2D eigenvalue weighted by Gasteiger charge is -2.24. The monoisotopic (exact) mass is 418 g/mol. The largest absolute Gasteiger partial charge is 0.435 e. The first-order valence-electron chi connectivity index (χ1n) is 7.79. The van der Waals surface area contributed by atoms with Crippen LogP contribution in [0.2, 0.25) is 0 Å². The number of allylic oxidation sites excluding steroid dienone is 1. The second-order valence-corrected chi connectivity index (χ2v) is 6.55. The maximum atomic E-state index is 12.3. The van der Waals surface area contributed by atoms with E-state index in [1.165, 1.54) is 18.5 Å². The Bertz CT molecular complexity index is 956. The molecule has 1 aliphatic heterocycles. The van der Waals surface area contributed by atoms with Gasteiger partial charge in [0, 0.05) is 10.2 Å². The predicted molar refractivity (Wildman–Crippen MR) is 97.0 cm³/mol. The third kappa shape index (κ3) is 3.32. The molecule has 0 fully saturated rings. The molecule has 3 aromatic rings. The van der Waals surface area contributed by atoms with Crippen LogP contribution in [-0.2, 0) is 0 Å². The molecule has 0 unspecified atom stereocenters. The highest BCUT2D eigenvalue weighted by Crippen LogP contribution is 2.33. The van der Waals surface area contributed by atoms with E-state index in [-0.39, 0.29) is 11.8 Å². The number of alkyl halides is 2. The number of nitrogens with one attached hydrogen (secondary N) is 1. The van der Waals surface area contributed by atoms with Crippen LogP contribution in [0.5, 0.6) is 5.75 Å². The van der Waals surface area contributed by atoms with Gasteiger partial charge in [0.15, 0.2) is 0 Å². The molecular weight excluding hydrogens is 406 g/mol. The summed E-state index contributed by atoms with van der Waals surface area (Å²) in [7, 11) is 0. The normalized spacial score (nSPS) is 16.0. The Morgan fingerprint density at radius 3 is 2.69 bits per heavy atom. The summed E-state index contributed by atoms with van der Waals surface area (Å²) in [5.41, 5.74) is 2.70. The Hall–Kier alpha value is -2.74. The van der Waals surface area contributed by atoms with Gasteiger partial charge >= 0.3 is 6.61 Å². The second-order valence-electron chi connectivity index (χ2n) is 5.64. The quantitative estimate of drug-likeness (QED) is 0.667. The smallest absolute Gasteiger partial charge is 0.387 e. The summed E-state index contributed by atoms with van der Waals surface area (Å²) in [4.78, 5) is 4.25. The number of fused-ring (bicyclic) bond motifs is 1. The van der Waals surface area contributed by atoms with Crippen molar-refractivity contribution < 1.29 is 13.5 Å². The van der Waals surface area contributed by atoms with Gasteiger partial charge in [-0.2, -0.15) is 18.9 Å². The van der Waals surface area contributed by atoms with Gasteiger partial charge in [-0.05, 0) is 53.6 Å². The summed E-state index contributed by atoms with van der Waals surface area (Å²) >= 11 is 3.49. The molecule has 2 aromatic carbocycles. The highest BCUT2D eigenvalue weighted by atomic mass is 79.9. The lowest BCUT2D eigenvalue weighted by atomic mass is 10.0. The van der Waals surface area contributed by atoms with Gasteiger partial charge in [-0.25, -0.2) is 4.68 Å². The van der Waals surface area contributed by atoms with Crippen molar-refractivity contribution in [2.24, 2.45) is 0 Å². The maximum absolute atomic E-state index is 12.3. The first-order valence-corrected chi connectivity index (χ1v) is 8.58. The lowest BCUT2D eigenvalue weighted by molar-refractivity contribution is -0.0498. The van der Waals surface area contributed by atoms with Crippen molar-refractivity contribution in [2.75, 3.05) is 5.32 Å². The molecule has 4 rings (SSSR count). The molecule has 1 aromatic heterocycles. The summed E-state index contributed by atoms with van der Waals surface area (Å²) in [5, 5.41) is 7.52. The van der Waals surface area contributed by atoms with Crippen LogP contribution in [0.25, 0.3) is 5.70 Å². The minimum Gasteiger partial charge on any atom is -0.435 e. The zero-order chi connectivity index (χ0) is 18.1. The van der Waals surface area contributed by atoms with Gasteiger partial charge in [-0.3, -0.25) is 0 Å². The van der Waals surface area contributed by atoms with Crippen LogP contribution >= 0.6 is 15.9 Å². The number of hydrogen-bond acceptors (Lipinski definition) is 4. The molecule has 1 N–H and O–H groups in total. The molecule has 0 saturated carbocycles. The van der Waals surface area contributed by atoms with Gasteiger partial charge in [0.25, 0.3) is 0 Å². The molecule has 0 radical (unpaired) electrons. The fraction of sp³-hybridized carbons (Fsp3) is 0.111. The van der Waals surface area contributed by atoms with Crippen LogP contribution in [-0.4, -0.2) is 21.4 Å². The van der Waals surface area contributed by atoms with Crippen LogP contribution < -0.4 is 10.1 Å². The Labute approximate surface area is 156 Å². The minimum atomic E-state index is -2.84. The Kier molecular flexibility index (Phi) is 4.42. The van der Waals surface area contributed by atoms with Crippen molar-refractivity contribution in [3.8, 4) is 5.75 Å². The van der Waals surface area contributed by atoms with E-state index < -0.39 is 6.61 Å². The number of nitrogens with zero attached hydrogens (tertiary/aromatic N) is 3. The minimum absolute atomic E-state index is 0.117. The summed E-state index contributed by atoms with van der Waals surface area (Å²) in [5.74, 6) is 0.729. The van der Waals surface area contributed by atoms with Crippen molar-refractivity contribution >= 4 is 27.6 Å². The zero-order valence-corrected chi connectivity index (χ0v) is 14.9. The molecule has 0 spiro atoms. The zero-order valence-electron chi connectivity index (χ0n) is 13.3. The summed E-state index contributed by atoms with van der Waals surface area (Å²) in [6, 6.07) is 14.3. The van der Waals surface area contributed by atoms with Crippen LogP contribution in [0.1, 0.15) is 17.2 Å². The van der Waals surface area contributed by atoms with E-state index in [1.54, 1.807) is 16.8 Å². The summed E-state index contributed by atoms with van der Waals surface area (Å²) < 4.78 is 31.8. The van der Waals surface area contributed by atoms with Crippen molar-refractivity contribution in [3.05, 3.63) is 76.5 Å². The maximum Gasteiger partial charge on any atom is 0.387 e. The van der Waals surface area contributed by atoms with E-state index in [2.05, 4.69) is 36.1 Å². The molecule has 5 nitrogen and oxygen atoms in total. The number of halogens is 3. The van der Waals surface area contributed by atoms with Gasteiger partial charge in [-0.15, -0.1) is 0 Å². The molecule has 26 heavy (non-hydrogen) atoms. The van der Waals surface area contributed by atoms with E-state index in [9.17, 15) is 8.78 Å². The number of aromatic nitrogens is 3. The molecule has 2 heterocycles. The van der Waals surface area contributed by atoms with Gasteiger partial charge < -0.3 is 10.1 Å². The molecule has 132 valence electrons. The first kappa shape index (κ1) is 16.7. The number of rotatable bonds is 4. The molecule has 0 aliphatic carbocycles. The fourth-order valence-corrected chi connectivity index (χ4v) is 3.26. The highest BCUT2D eigenvalue weighted by Gasteiger charge is 2.23. The number of benzene rings is 2. The van der Waals surface area contributed by atoms with E-state index in [4.69, 9.17) is 0 Å². The predicted octanol–water partition coefficient (Wildman–Crippen LogP) is 4.70. The number of anilines is 1. The molecule has 0 amide bonds. The van der Waals surface area contributed by atoms with Crippen molar-refractivity contribution in [3.63, 3.8) is 0 Å². The van der Waals surface area contributed by atoms with Gasteiger partial charge in [0.05, 0.1) is 0 Å². The van der Waals surface area contributed by atoms with Crippen LogP contribution in [0, 0.1) is 0 Å². The SMILES string of the molecule is FC(F)Oc1ccc(C2=C[C@H](c3cccc(Br)c3)n3ncnc3N2)cc1. The fourth-order valence-electron chi connectivity index (χ4n) is 2.85. The van der Waals surface area contributed by atoms with Crippen LogP contribution in [0.3, 0.4) is 0 Å². The lowest BCUT2D eigenvalue weighted by Crippen LogP contribution is -2.20.